The van der Waals surface area contributed by atoms with Gasteiger partial charge >= 0.3 is 0 Å². The van der Waals surface area contributed by atoms with Crippen LogP contribution in [0.4, 0.5) is 0 Å². The molecular formula is C17H19NO. The normalized spacial score (nSPS) is 20.4. The Morgan fingerprint density at radius 3 is 2.37 bits per heavy atom. The standard InChI is InChI=1S/C17H19NO/c1-16(2)15(17(16,3)4)14(19)12-7-5-9-13-11(12)8-6-10-18-13/h5-10,15H,1-4H3. The monoisotopic (exact) mass is 253 g/mol. The first-order valence-corrected chi connectivity index (χ1v) is 6.75. The van der Waals surface area contributed by atoms with Crippen LogP contribution in [-0.4, -0.2) is 10.8 Å². The topological polar surface area (TPSA) is 30.0 Å². The van der Waals surface area contributed by atoms with Gasteiger partial charge in [0.05, 0.1) is 5.52 Å². The van der Waals surface area contributed by atoms with Crippen molar-refractivity contribution in [2.24, 2.45) is 16.7 Å². The summed E-state index contributed by atoms with van der Waals surface area (Å²) in [6.45, 7) is 8.72. The van der Waals surface area contributed by atoms with Crippen LogP contribution in [0.5, 0.6) is 0 Å². The van der Waals surface area contributed by atoms with Gasteiger partial charge in [-0.3, -0.25) is 9.78 Å². The first kappa shape index (κ1) is 12.3. The molecule has 0 aliphatic heterocycles. The molecule has 0 saturated heterocycles. The van der Waals surface area contributed by atoms with E-state index >= 15 is 0 Å². The maximum absolute atomic E-state index is 12.8. The van der Waals surface area contributed by atoms with Crippen LogP contribution in [0.2, 0.25) is 0 Å². The quantitative estimate of drug-likeness (QED) is 0.754. The average Bonchev–Trinajstić information content (AvgIpc) is 2.78. The zero-order valence-electron chi connectivity index (χ0n) is 11.9. The number of carbonyl (C=O) groups is 1. The molecule has 0 radical (unpaired) electrons. The van der Waals surface area contributed by atoms with Crippen LogP contribution in [-0.2, 0) is 0 Å². The van der Waals surface area contributed by atoms with E-state index in [0.29, 0.717) is 0 Å². The van der Waals surface area contributed by atoms with Crippen molar-refractivity contribution in [1.29, 1.82) is 0 Å². The molecule has 0 atom stereocenters. The van der Waals surface area contributed by atoms with Gasteiger partial charge in [-0.05, 0) is 23.0 Å². The molecule has 1 saturated carbocycles. The zero-order valence-corrected chi connectivity index (χ0v) is 11.9. The van der Waals surface area contributed by atoms with Crippen LogP contribution in [0.1, 0.15) is 38.1 Å². The molecule has 0 N–H and O–H groups in total. The van der Waals surface area contributed by atoms with Gasteiger partial charge < -0.3 is 0 Å². The maximum atomic E-state index is 12.8. The summed E-state index contributed by atoms with van der Waals surface area (Å²) in [6.07, 6.45) is 1.77. The third kappa shape index (κ3) is 1.55. The Hall–Kier alpha value is -1.70. The molecule has 19 heavy (non-hydrogen) atoms. The van der Waals surface area contributed by atoms with Crippen molar-refractivity contribution in [3.63, 3.8) is 0 Å². The molecule has 0 amide bonds. The van der Waals surface area contributed by atoms with Crippen molar-refractivity contribution in [1.82, 2.24) is 4.98 Å². The van der Waals surface area contributed by atoms with Crippen LogP contribution in [0, 0.1) is 16.7 Å². The Labute approximate surface area is 113 Å². The summed E-state index contributed by atoms with van der Waals surface area (Å²) in [4.78, 5) is 17.1. The molecule has 98 valence electrons. The van der Waals surface area contributed by atoms with E-state index in [0.717, 1.165) is 16.5 Å². The number of Topliss-reactive ketones (excluding diaryl/α,β-unsaturated/α-hetero) is 1. The number of nitrogens with zero attached hydrogens (tertiary/aromatic N) is 1. The molecule has 2 aromatic rings. The summed E-state index contributed by atoms with van der Waals surface area (Å²) >= 11 is 0. The van der Waals surface area contributed by atoms with Gasteiger partial charge in [-0.15, -0.1) is 0 Å². The Kier molecular flexibility index (Phi) is 2.38. The molecule has 1 fully saturated rings. The number of aromatic nitrogens is 1. The molecule has 1 aromatic heterocycles. The minimum Gasteiger partial charge on any atom is -0.294 e. The Morgan fingerprint density at radius 2 is 1.74 bits per heavy atom. The van der Waals surface area contributed by atoms with Gasteiger partial charge in [0.2, 0.25) is 0 Å². The molecule has 0 bridgehead atoms. The second kappa shape index (κ2) is 3.66. The summed E-state index contributed by atoms with van der Waals surface area (Å²) in [5, 5.41) is 0.966. The molecule has 3 rings (SSSR count). The van der Waals surface area contributed by atoms with Crippen molar-refractivity contribution in [3.05, 3.63) is 42.1 Å². The number of fused-ring (bicyclic) bond motifs is 1. The largest absolute Gasteiger partial charge is 0.294 e. The SMILES string of the molecule is CC1(C)C(C(=O)c2cccc3ncccc23)C1(C)C. The number of rotatable bonds is 2. The Morgan fingerprint density at radius 1 is 1.05 bits per heavy atom. The molecule has 1 aliphatic carbocycles. The zero-order chi connectivity index (χ0) is 13.8. The molecular weight excluding hydrogens is 234 g/mol. The highest BCUT2D eigenvalue weighted by Gasteiger charge is 2.67. The smallest absolute Gasteiger partial charge is 0.167 e. The van der Waals surface area contributed by atoms with Crippen molar-refractivity contribution in [3.8, 4) is 0 Å². The van der Waals surface area contributed by atoms with E-state index in [-0.39, 0.29) is 22.5 Å². The second-order valence-corrected chi connectivity index (χ2v) is 6.62. The van der Waals surface area contributed by atoms with Crippen LogP contribution in [0.3, 0.4) is 0 Å². The average molecular weight is 253 g/mol. The highest BCUT2D eigenvalue weighted by atomic mass is 16.1. The number of ketones is 1. The molecule has 1 aliphatic rings. The molecule has 1 aromatic carbocycles. The summed E-state index contributed by atoms with van der Waals surface area (Å²) < 4.78 is 0. The molecule has 2 heteroatoms. The van der Waals surface area contributed by atoms with E-state index in [2.05, 4.69) is 32.7 Å². The Bertz CT molecular complexity index is 651. The van der Waals surface area contributed by atoms with E-state index in [1.165, 1.54) is 0 Å². The maximum Gasteiger partial charge on any atom is 0.167 e. The van der Waals surface area contributed by atoms with Crippen LogP contribution >= 0.6 is 0 Å². The number of benzene rings is 1. The van der Waals surface area contributed by atoms with E-state index in [1.54, 1.807) is 6.20 Å². The van der Waals surface area contributed by atoms with Gasteiger partial charge in [0, 0.05) is 23.1 Å². The van der Waals surface area contributed by atoms with Gasteiger partial charge in [-0.25, -0.2) is 0 Å². The minimum atomic E-state index is 0.0778. The number of hydrogen-bond acceptors (Lipinski definition) is 2. The molecule has 0 unspecified atom stereocenters. The van der Waals surface area contributed by atoms with Crippen LogP contribution in [0.15, 0.2) is 36.5 Å². The molecule has 0 spiro atoms. The highest BCUT2D eigenvalue weighted by Crippen LogP contribution is 2.69. The van der Waals surface area contributed by atoms with Crippen molar-refractivity contribution in [2.45, 2.75) is 27.7 Å². The molecule has 2 nitrogen and oxygen atoms in total. The van der Waals surface area contributed by atoms with Gasteiger partial charge in [0.15, 0.2) is 5.78 Å². The number of hydrogen-bond donors (Lipinski definition) is 0. The molecule has 1 heterocycles. The summed E-state index contributed by atoms with van der Waals surface area (Å²) in [7, 11) is 0. The fraction of sp³-hybridized carbons (Fsp3) is 0.412. The van der Waals surface area contributed by atoms with Crippen molar-refractivity contribution in [2.75, 3.05) is 0 Å². The van der Waals surface area contributed by atoms with Gasteiger partial charge in [0.25, 0.3) is 0 Å². The fourth-order valence-electron chi connectivity index (χ4n) is 3.33. The summed E-state index contributed by atoms with van der Waals surface area (Å²) in [5.41, 5.74) is 1.86. The fourth-order valence-corrected chi connectivity index (χ4v) is 3.33. The van der Waals surface area contributed by atoms with Crippen molar-refractivity contribution >= 4 is 16.7 Å². The van der Waals surface area contributed by atoms with Crippen molar-refractivity contribution < 1.29 is 4.79 Å². The third-order valence-corrected chi connectivity index (χ3v) is 5.19. The highest BCUT2D eigenvalue weighted by molar-refractivity contribution is 6.10. The third-order valence-electron chi connectivity index (χ3n) is 5.19. The van der Waals surface area contributed by atoms with Crippen LogP contribution in [0.25, 0.3) is 10.9 Å². The van der Waals surface area contributed by atoms with E-state index in [4.69, 9.17) is 0 Å². The number of pyridine rings is 1. The van der Waals surface area contributed by atoms with Crippen LogP contribution < -0.4 is 0 Å². The Balaban J connectivity index is 2.10. The lowest BCUT2D eigenvalue weighted by atomic mass is 9.97. The lowest BCUT2D eigenvalue weighted by Gasteiger charge is -2.06. The predicted molar refractivity (Wildman–Crippen MR) is 77.1 cm³/mol. The first-order chi connectivity index (χ1) is 8.87. The lowest BCUT2D eigenvalue weighted by Crippen LogP contribution is -2.08. The minimum absolute atomic E-state index is 0.0778. The van der Waals surface area contributed by atoms with E-state index in [1.807, 2.05) is 30.3 Å². The van der Waals surface area contributed by atoms with Gasteiger partial charge in [0.1, 0.15) is 0 Å². The summed E-state index contributed by atoms with van der Waals surface area (Å²) in [6, 6.07) is 9.68. The number of carbonyl (C=O) groups excluding carboxylic acids is 1. The lowest BCUT2D eigenvalue weighted by molar-refractivity contribution is 0.0947. The van der Waals surface area contributed by atoms with Gasteiger partial charge in [-0.1, -0.05) is 45.9 Å². The van der Waals surface area contributed by atoms with E-state index in [9.17, 15) is 4.79 Å². The second-order valence-electron chi connectivity index (χ2n) is 6.62. The van der Waals surface area contributed by atoms with Gasteiger partial charge in [-0.2, -0.15) is 0 Å². The first-order valence-electron chi connectivity index (χ1n) is 6.75. The summed E-state index contributed by atoms with van der Waals surface area (Å²) in [5.74, 6) is 0.361. The predicted octanol–water partition coefficient (Wildman–Crippen LogP) is 4.10. The van der Waals surface area contributed by atoms with E-state index < -0.39 is 0 Å².